The zero-order valence-electron chi connectivity index (χ0n) is 21.5. The van der Waals surface area contributed by atoms with Gasteiger partial charge in [0.1, 0.15) is 6.33 Å². The second kappa shape index (κ2) is 12.0. The van der Waals surface area contributed by atoms with Crippen LogP contribution < -0.4 is 11.0 Å². The van der Waals surface area contributed by atoms with Crippen LogP contribution in [0.2, 0.25) is 10.0 Å². The Bertz CT molecular complexity index is 1540. The molecule has 0 amide bonds. The van der Waals surface area contributed by atoms with Crippen molar-refractivity contribution in [2.75, 3.05) is 50.6 Å². The lowest BCUT2D eigenvalue weighted by molar-refractivity contribution is 0.0126. The van der Waals surface area contributed by atoms with E-state index in [1.54, 1.807) is 13.0 Å². The van der Waals surface area contributed by atoms with Gasteiger partial charge in [-0.05, 0) is 37.1 Å². The van der Waals surface area contributed by atoms with Crippen LogP contribution >= 0.6 is 39.1 Å². The molecule has 210 valence electrons. The van der Waals surface area contributed by atoms with Crippen LogP contribution in [-0.2, 0) is 21.1 Å². The highest BCUT2D eigenvalue weighted by Gasteiger charge is 2.27. The van der Waals surface area contributed by atoms with Crippen LogP contribution in [0.4, 0.5) is 5.69 Å². The Labute approximate surface area is 246 Å². The second-order valence-corrected chi connectivity index (χ2v) is 13.7. The van der Waals surface area contributed by atoms with Crippen LogP contribution in [-0.4, -0.2) is 79.1 Å². The number of piperazine rings is 1. The van der Waals surface area contributed by atoms with E-state index in [9.17, 15) is 13.2 Å². The molecule has 2 aliphatic heterocycles. The Morgan fingerprint density at radius 3 is 2.54 bits per heavy atom. The number of sulfone groups is 1. The number of rotatable bonds is 7. The zero-order valence-corrected chi connectivity index (χ0v) is 25.4. The molecule has 2 aromatic carbocycles. The minimum Gasteiger partial charge on any atom is -0.381 e. The topological polar surface area (TPSA) is 96.8 Å². The quantitative estimate of drug-likeness (QED) is 0.398. The number of benzene rings is 2. The molecule has 0 saturated carbocycles. The van der Waals surface area contributed by atoms with Gasteiger partial charge >= 0.3 is 0 Å². The van der Waals surface area contributed by atoms with E-state index in [0.29, 0.717) is 33.5 Å². The summed E-state index contributed by atoms with van der Waals surface area (Å²) in [4.78, 5) is 22.9. The molecular weight excluding hydrogens is 629 g/mol. The molecule has 2 saturated heterocycles. The Hall–Kier alpha value is -1.73. The number of halogens is 3. The standard InChI is InChI=1S/C26H30BrCl2N5O4S/c1-2-39(36,37)23-4-3-17(28)13-22(23)31-34-16-30-25-19(26(34)35)14-21(27)20(24(25)29)15-32-7-9-33(10-8-32)18-5-11-38-12-6-18/h3-4,13-14,16,18,31H,2,5-12,15H2,1H3. The van der Waals surface area contributed by atoms with Crippen molar-refractivity contribution in [1.82, 2.24) is 19.5 Å². The fourth-order valence-corrected chi connectivity index (χ4v) is 7.34. The Morgan fingerprint density at radius 2 is 1.85 bits per heavy atom. The van der Waals surface area contributed by atoms with Gasteiger partial charge in [0.2, 0.25) is 0 Å². The number of nitrogens with zero attached hydrogens (tertiary/aromatic N) is 4. The van der Waals surface area contributed by atoms with Crippen molar-refractivity contribution in [2.45, 2.75) is 37.2 Å². The third-order valence-corrected chi connectivity index (χ3v) is 10.6. The number of aromatic nitrogens is 2. The predicted octanol–water partition coefficient (Wildman–Crippen LogP) is 4.43. The lowest BCUT2D eigenvalue weighted by Crippen LogP contribution is -2.51. The Kier molecular flexibility index (Phi) is 8.87. The van der Waals surface area contributed by atoms with Gasteiger partial charge in [-0.3, -0.25) is 20.0 Å². The molecule has 0 bridgehead atoms. The minimum atomic E-state index is -3.56. The second-order valence-electron chi connectivity index (χ2n) is 9.78. The minimum absolute atomic E-state index is 0.0490. The summed E-state index contributed by atoms with van der Waals surface area (Å²) >= 11 is 16.6. The maximum absolute atomic E-state index is 13.4. The van der Waals surface area contributed by atoms with Crippen LogP contribution in [0.15, 0.2) is 44.8 Å². The summed E-state index contributed by atoms with van der Waals surface area (Å²) in [5.74, 6) is -0.0932. The van der Waals surface area contributed by atoms with Gasteiger partial charge in [-0.25, -0.2) is 18.1 Å². The molecule has 5 rings (SSSR count). The van der Waals surface area contributed by atoms with Crippen LogP contribution in [0, 0.1) is 0 Å². The van der Waals surface area contributed by atoms with Gasteiger partial charge in [-0.2, -0.15) is 0 Å². The molecule has 13 heteroatoms. The molecule has 2 aliphatic rings. The van der Waals surface area contributed by atoms with Gasteiger partial charge in [-0.1, -0.05) is 46.1 Å². The number of hydrogen-bond acceptors (Lipinski definition) is 8. The molecule has 0 atom stereocenters. The summed E-state index contributed by atoms with van der Waals surface area (Å²) in [6.07, 6.45) is 3.49. The van der Waals surface area contributed by atoms with Gasteiger partial charge in [0, 0.05) is 67.0 Å². The summed E-state index contributed by atoms with van der Waals surface area (Å²) in [7, 11) is -3.56. The fraction of sp³-hybridized carbons (Fsp3) is 0.462. The molecule has 2 fully saturated rings. The van der Waals surface area contributed by atoms with E-state index in [1.165, 1.54) is 24.5 Å². The highest BCUT2D eigenvalue weighted by Crippen LogP contribution is 2.33. The summed E-state index contributed by atoms with van der Waals surface area (Å²) < 4.78 is 32.5. The molecule has 9 nitrogen and oxygen atoms in total. The molecule has 1 N–H and O–H groups in total. The van der Waals surface area contributed by atoms with Gasteiger partial charge in [0.25, 0.3) is 5.56 Å². The van der Waals surface area contributed by atoms with Gasteiger partial charge in [0.05, 0.1) is 32.3 Å². The van der Waals surface area contributed by atoms with Crippen molar-refractivity contribution < 1.29 is 13.2 Å². The number of nitrogens with one attached hydrogen (secondary N) is 1. The number of anilines is 1. The predicted molar refractivity (Wildman–Crippen MR) is 158 cm³/mol. The van der Waals surface area contributed by atoms with Crippen molar-refractivity contribution in [2.24, 2.45) is 0 Å². The van der Waals surface area contributed by atoms with Crippen molar-refractivity contribution in [1.29, 1.82) is 0 Å². The smallest absolute Gasteiger partial charge is 0.280 e. The van der Waals surface area contributed by atoms with Crippen LogP contribution in [0.1, 0.15) is 25.3 Å². The van der Waals surface area contributed by atoms with Crippen LogP contribution in [0.3, 0.4) is 0 Å². The Morgan fingerprint density at radius 1 is 1.13 bits per heavy atom. The third kappa shape index (κ3) is 6.14. The maximum atomic E-state index is 13.4. The first-order valence-corrected chi connectivity index (χ1v) is 16.1. The lowest BCUT2D eigenvalue weighted by atomic mass is 10.1. The van der Waals surface area contributed by atoms with E-state index in [-0.39, 0.29) is 16.3 Å². The van der Waals surface area contributed by atoms with Crippen LogP contribution in [0.5, 0.6) is 0 Å². The summed E-state index contributed by atoms with van der Waals surface area (Å²) in [6, 6.07) is 6.71. The summed E-state index contributed by atoms with van der Waals surface area (Å²) in [6.45, 7) is 7.74. The average Bonchev–Trinajstić information content (AvgIpc) is 2.93. The SMILES string of the molecule is CCS(=O)(=O)c1ccc(Cl)cc1Nn1cnc2c(Cl)c(CN3CCN(C4CCOCC4)CC3)c(Br)cc2c1=O. The fourth-order valence-electron chi connectivity index (χ4n) is 5.17. The van der Waals surface area contributed by atoms with E-state index >= 15 is 0 Å². The zero-order chi connectivity index (χ0) is 27.7. The molecule has 3 heterocycles. The van der Waals surface area contributed by atoms with E-state index in [0.717, 1.165) is 66.9 Å². The van der Waals surface area contributed by atoms with E-state index in [1.807, 2.05) is 0 Å². The average molecular weight is 659 g/mol. The van der Waals surface area contributed by atoms with Crippen molar-refractivity contribution in [3.05, 3.63) is 61.0 Å². The number of hydrogen-bond donors (Lipinski definition) is 1. The van der Waals surface area contributed by atoms with Crippen molar-refractivity contribution >= 4 is 65.6 Å². The highest BCUT2D eigenvalue weighted by atomic mass is 79.9. The largest absolute Gasteiger partial charge is 0.381 e. The molecule has 0 spiro atoms. The first-order chi connectivity index (χ1) is 18.7. The highest BCUT2D eigenvalue weighted by molar-refractivity contribution is 9.10. The van der Waals surface area contributed by atoms with Gasteiger partial charge in [-0.15, -0.1) is 0 Å². The molecule has 3 aromatic rings. The number of fused-ring (bicyclic) bond motifs is 1. The van der Waals surface area contributed by atoms with E-state index in [4.69, 9.17) is 27.9 Å². The molecular formula is C26H30BrCl2N5O4S. The molecule has 1 aromatic heterocycles. The monoisotopic (exact) mass is 657 g/mol. The van der Waals surface area contributed by atoms with E-state index in [2.05, 4.69) is 36.1 Å². The molecule has 0 unspecified atom stereocenters. The Balaban J connectivity index is 1.38. The lowest BCUT2D eigenvalue weighted by Gasteiger charge is -2.40. The third-order valence-electron chi connectivity index (χ3n) is 7.43. The van der Waals surface area contributed by atoms with Crippen molar-refractivity contribution in [3.8, 4) is 0 Å². The molecule has 0 radical (unpaired) electrons. The van der Waals surface area contributed by atoms with E-state index < -0.39 is 15.4 Å². The van der Waals surface area contributed by atoms with Crippen molar-refractivity contribution in [3.63, 3.8) is 0 Å². The molecule has 39 heavy (non-hydrogen) atoms. The molecule has 0 aliphatic carbocycles. The first-order valence-electron chi connectivity index (χ1n) is 12.9. The summed E-state index contributed by atoms with van der Waals surface area (Å²) in [5, 5.41) is 1.06. The maximum Gasteiger partial charge on any atom is 0.280 e. The van der Waals surface area contributed by atoms with Gasteiger partial charge in [0.15, 0.2) is 9.84 Å². The normalized spacial score (nSPS) is 18.1. The summed E-state index contributed by atoms with van der Waals surface area (Å²) in [5.41, 5.74) is 3.91. The first kappa shape index (κ1) is 28.8. The van der Waals surface area contributed by atoms with Crippen LogP contribution in [0.25, 0.3) is 10.9 Å². The van der Waals surface area contributed by atoms with Gasteiger partial charge < -0.3 is 4.74 Å². The number of ether oxygens (including phenoxy) is 1.